The predicted octanol–water partition coefficient (Wildman–Crippen LogP) is 2.32. The molecule has 3 aromatic rings. The Morgan fingerprint density at radius 1 is 0.821 bits per heavy atom. The van der Waals surface area contributed by atoms with Gasteiger partial charge in [-0.15, -0.1) is 0 Å². The Kier molecular flexibility index (Phi) is 3.96. The van der Waals surface area contributed by atoms with Gasteiger partial charge < -0.3 is 0 Å². The molecule has 1 aromatic carbocycles. The van der Waals surface area contributed by atoms with Crippen molar-refractivity contribution < 1.29 is 9.59 Å². The molecular formula is C20H20N6O2. The molecule has 2 aliphatic rings. The molecule has 0 unspecified atom stereocenters. The summed E-state index contributed by atoms with van der Waals surface area (Å²) in [6.07, 6.45) is 7.16. The second kappa shape index (κ2) is 6.63. The molecule has 0 spiro atoms. The second-order valence-corrected chi connectivity index (χ2v) is 7.19. The van der Waals surface area contributed by atoms with Crippen LogP contribution in [0.5, 0.6) is 0 Å². The number of aromatic nitrogens is 4. The van der Waals surface area contributed by atoms with E-state index in [-0.39, 0.29) is 11.8 Å². The highest BCUT2D eigenvalue weighted by Crippen LogP contribution is 2.28. The topological polar surface area (TPSA) is 98.0 Å². The summed E-state index contributed by atoms with van der Waals surface area (Å²) in [7, 11) is 0. The molecule has 2 aromatic heterocycles. The van der Waals surface area contributed by atoms with Gasteiger partial charge in [-0.2, -0.15) is 10.2 Å². The van der Waals surface area contributed by atoms with E-state index in [9.17, 15) is 9.59 Å². The number of carbonyl (C=O) groups excluding carboxylic acids is 2. The summed E-state index contributed by atoms with van der Waals surface area (Å²) < 4.78 is 0. The predicted molar refractivity (Wildman–Crippen MR) is 104 cm³/mol. The molecular weight excluding hydrogens is 356 g/mol. The summed E-state index contributed by atoms with van der Waals surface area (Å²) in [5.41, 5.74) is 3.09. The lowest BCUT2D eigenvalue weighted by Gasteiger charge is -2.27. The number of amides is 2. The average Bonchev–Trinajstić information content (AvgIpc) is 3.41. The highest BCUT2D eigenvalue weighted by Gasteiger charge is 2.28. The Morgan fingerprint density at radius 2 is 1.32 bits per heavy atom. The Bertz CT molecular complexity index is 973. The first-order chi connectivity index (χ1) is 13.7. The maximum Gasteiger partial charge on any atom is 0.259 e. The fraction of sp³-hybridized carbons (Fsp3) is 0.300. The van der Waals surface area contributed by atoms with Crippen LogP contribution in [0.2, 0.25) is 0 Å². The van der Waals surface area contributed by atoms with Gasteiger partial charge in [0.05, 0.1) is 12.4 Å². The smallest absolute Gasteiger partial charge is 0.259 e. The minimum Gasteiger partial charge on any atom is -0.293 e. The molecule has 0 fully saturated rings. The van der Waals surface area contributed by atoms with Crippen molar-refractivity contribution in [1.29, 1.82) is 0 Å². The quantitative estimate of drug-likeness (QED) is 0.717. The van der Waals surface area contributed by atoms with Crippen molar-refractivity contribution in [2.75, 3.05) is 22.9 Å². The molecule has 2 aliphatic heterocycles. The molecule has 2 N–H and O–H groups in total. The minimum atomic E-state index is -0.124. The van der Waals surface area contributed by atoms with Crippen LogP contribution in [-0.4, -0.2) is 45.3 Å². The van der Waals surface area contributed by atoms with Gasteiger partial charge in [-0.05, 0) is 43.9 Å². The number of benzene rings is 1. The molecule has 0 atom stereocenters. The van der Waals surface area contributed by atoms with Gasteiger partial charge in [-0.3, -0.25) is 29.6 Å². The number of aromatic amines is 2. The lowest BCUT2D eigenvalue weighted by atomic mass is 10.0. The molecule has 28 heavy (non-hydrogen) atoms. The van der Waals surface area contributed by atoms with E-state index in [1.807, 2.05) is 0 Å². The van der Waals surface area contributed by atoms with Gasteiger partial charge in [0.2, 0.25) is 0 Å². The molecule has 0 saturated carbocycles. The van der Waals surface area contributed by atoms with Gasteiger partial charge in [0, 0.05) is 35.3 Å². The Hall–Kier alpha value is -3.42. The van der Waals surface area contributed by atoms with Crippen molar-refractivity contribution in [3.05, 3.63) is 58.9 Å². The Balaban J connectivity index is 1.44. The van der Waals surface area contributed by atoms with Crippen molar-refractivity contribution in [3.63, 3.8) is 0 Å². The van der Waals surface area contributed by atoms with Crippen LogP contribution in [0.4, 0.5) is 11.6 Å². The van der Waals surface area contributed by atoms with Crippen LogP contribution in [-0.2, 0) is 12.8 Å². The van der Waals surface area contributed by atoms with Crippen molar-refractivity contribution in [2.24, 2.45) is 0 Å². The maximum atomic E-state index is 13.1. The average molecular weight is 376 g/mol. The number of hydrogen-bond acceptors (Lipinski definition) is 4. The zero-order chi connectivity index (χ0) is 19.1. The first kappa shape index (κ1) is 16.7. The first-order valence-electron chi connectivity index (χ1n) is 9.50. The van der Waals surface area contributed by atoms with Crippen LogP contribution in [0.15, 0.2) is 36.7 Å². The molecule has 8 heteroatoms. The number of anilines is 2. The summed E-state index contributed by atoms with van der Waals surface area (Å²) >= 11 is 0. The third kappa shape index (κ3) is 2.69. The molecule has 0 radical (unpaired) electrons. The van der Waals surface area contributed by atoms with Crippen LogP contribution in [0.25, 0.3) is 0 Å². The maximum absolute atomic E-state index is 13.1. The zero-order valence-electron chi connectivity index (χ0n) is 15.3. The Labute approximate surface area is 161 Å². The number of fused-ring (bicyclic) bond motifs is 2. The van der Waals surface area contributed by atoms with E-state index in [0.717, 1.165) is 48.4 Å². The van der Waals surface area contributed by atoms with Crippen LogP contribution in [0.3, 0.4) is 0 Å². The molecule has 5 rings (SSSR count). The van der Waals surface area contributed by atoms with E-state index in [4.69, 9.17) is 0 Å². The number of aryl methyl sites for hydroxylation is 2. The monoisotopic (exact) mass is 376 g/mol. The van der Waals surface area contributed by atoms with Gasteiger partial charge in [-0.1, -0.05) is 6.07 Å². The minimum absolute atomic E-state index is 0.124. The van der Waals surface area contributed by atoms with E-state index in [0.29, 0.717) is 24.2 Å². The zero-order valence-corrected chi connectivity index (χ0v) is 15.3. The van der Waals surface area contributed by atoms with E-state index in [2.05, 4.69) is 20.4 Å². The summed E-state index contributed by atoms with van der Waals surface area (Å²) in [4.78, 5) is 29.6. The van der Waals surface area contributed by atoms with E-state index in [1.54, 1.807) is 46.5 Å². The van der Waals surface area contributed by atoms with Crippen LogP contribution in [0, 0.1) is 0 Å². The third-order valence-electron chi connectivity index (χ3n) is 5.43. The number of H-pyrrole nitrogens is 2. The van der Waals surface area contributed by atoms with Gasteiger partial charge >= 0.3 is 0 Å². The SMILES string of the molecule is O=C(c1cccc(C(=O)N2CCCc3cn[nH]c32)c1)N1CCCc2cn[nH]c21. The lowest BCUT2D eigenvalue weighted by Crippen LogP contribution is -2.37. The fourth-order valence-corrected chi connectivity index (χ4v) is 4.02. The van der Waals surface area contributed by atoms with Crippen molar-refractivity contribution in [3.8, 4) is 0 Å². The van der Waals surface area contributed by atoms with Gasteiger partial charge in [0.1, 0.15) is 11.6 Å². The molecule has 0 aliphatic carbocycles. The van der Waals surface area contributed by atoms with Crippen molar-refractivity contribution >= 4 is 23.5 Å². The summed E-state index contributed by atoms with van der Waals surface area (Å²) in [5, 5.41) is 14.0. The molecule has 0 saturated heterocycles. The molecule has 2 amide bonds. The summed E-state index contributed by atoms with van der Waals surface area (Å²) in [6, 6.07) is 6.94. The van der Waals surface area contributed by atoms with E-state index >= 15 is 0 Å². The van der Waals surface area contributed by atoms with Gasteiger partial charge in [0.15, 0.2) is 0 Å². The van der Waals surface area contributed by atoms with Crippen LogP contribution >= 0.6 is 0 Å². The fourth-order valence-electron chi connectivity index (χ4n) is 4.02. The van der Waals surface area contributed by atoms with Crippen molar-refractivity contribution in [1.82, 2.24) is 20.4 Å². The Morgan fingerprint density at radius 3 is 1.82 bits per heavy atom. The largest absolute Gasteiger partial charge is 0.293 e. The standard InChI is InChI=1S/C20H20N6O2/c27-19(25-8-2-6-15-11-21-23-17(15)25)13-4-1-5-14(10-13)20(28)26-9-3-7-16-12-22-24-18(16)26/h1,4-5,10-12H,2-3,6-9H2,(H,21,23)(H,22,24). The molecule has 4 heterocycles. The number of rotatable bonds is 2. The van der Waals surface area contributed by atoms with Crippen molar-refractivity contribution in [2.45, 2.75) is 25.7 Å². The number of carbonyl (C=O) groups is 2. The summed E-state index contributed by atoms with van der Waals surface area (Å²) in [5.74, 6) is 1.26. The lowest BCUT2D eigenvalue weighted by molar-refractivity contribution is 0.0983. The number of hydrogen-bond donors (Lipinski definition) is 2. The van der Waals surface area contributed by atoms with Crippen LogP contribution in [0.1, 0.15) is 44.7 Å². The molecule has 8 nitrogen and oxygen atoms in total. The van der Waals surface area contributed by atoms with E-state index in [1.165, 1.54) is 0 Å². The highest BCUT2D eigenvalue weighted by molar-refractivity contribution is 6.10. The first-order valence-corrected chi connectivity index (χ1v) is 9.50. The number of nitrogens with one attached hydrogen (secondary N) is 2. The molecule has 142 valence electrons. The normalized spacial score (nSPS) is 15.9. The highest BCUT2D eigenvalue weighted by atomic mass is 16.2. The number of nitrogens with zero attached hydrogens (tertiary/aromatic N) is 4. The van der Waals surface area contributed by atoms with Crippen LogP contribution < -0.4 is 9.80 Å². The molecule has 0 bridgehead atoms. The second-order valence-electron chi connectivity index (χ2n) is 7.19. The van der Waals surface area contributed by atoms with Gasteiger partial charge in [-0.25, -0.2) is 0 Å². The van der Waals surface area contributed by atoms with Gasteiger partial charge in [0.25, 0.3) is 11.8 Å². The third-order valence-corrected chi connectivity index (χ3v) is 5.43. The van der Waals surface area contributed by atoms with E-state index < -0.39 is 0 Å². The summed E-state index contributed by atoms with van der Waals surface area (Å²) in [6.45, 7) is 1.27.